The number of aliphatic carboxylic acids is 1. The van der Waals surface area contributed by atoms with Crippen molar-refractivity contribution in [1.29, 1.82) is 0 Å². The number of hydrogen-bond acceptors (Lipinski definition) is 3. The molecule has 3 atom stereocenters. The van der Waals surface area contributed by atoms with Crippen LogP contribution in [0, 0.1) is 11.8 Å². The van der Waals surface area contributed by atoms with Crippen molar-refractivity contribution in [2.45, 2.75) is 51.7 Å². The summed E-state index contributed by atoms with van der Waals surface area (Å²) >= 11 is 0. The van der Waals surface area contributed by atoms with Crippen LogP contribution in [0.15, 0.2) is 0 Å². The van der Waals surface area contributed by atoms with E-state index in [1.807, 2.05) is 20.8 Å². The van der Waals surface area contributed by atoms with Gasteiger partial charge in [0.1, 0.15) is 5.60 Å². The van der Waals surface area contributed by atoms with E-state index in [9.17, 15) is 9.59 Å². The summed E-state index contributed by atoms with van der Waals surface area (Å²) in [5, 5.41) is 9.14. The van der Waals surface area contributed by atoms with Gasteiger partial charge in [-0.05, 0) is 46.0 Å². The van der Waals surface area contributed by atoms with Crippen LogP contribution >= 0.6 is 0 Å². The number of carboxylic acids is 1. The van der Waals surface area contributed by atoms with Crippen LogP contribution < -0.4 is 0 Å². The Bertz CT molecular complexity index is 360. The van der Waals surface area contributed by atoms with Crippen LogP contribution in [0.1, 0.15) is 40.0 Å². The van der Waals surface area contributed by atoms with Crippen LogP contribution in [0.25, 0.3) is 0 Å². The second-order valence-electron chi connectivity index (χ2n) is 6.22. The largest absolute Gasteiger partial charge is 0.481 e. The number of carbonyl (C=O) groups excluding carboxylic acids is 1. The molecule has 1 heterocycles. The van der Waals surface area contributed by atoms with Crippen molar-refractivity contribution in [1.82, 2.24) is 4.90 Å². The number of rotatable bonds is 1. The zero-order valence-electron chi connectivity index (χ0n) is 11.2. The van der Waals surface area contributed by atoms with Crippen LogP contribution in [0.4, 0.5) is 4.79 Å². The minimum absolute atomic E-state index is 0.0564. The molecule has 0 radical (unpaired) electrons. The number of likely N-dealkylation sites (tertiary alicyclic amines) is 1. The van der Waals surface area contributed by atoms with Gasteiger partial charge >= 0.3 is 12.1 Å². The molecule has 0 bridgehead atoms. The molecule has 1 aliphatic carbocycles. The van der Waals surface area contributed by atoms with Crippen molar-refractivity contribution in [3.05, 3.63) is 0 Å². The monoisotopic (exact) mass is 255 g/mol. The number of carboxylic acid groups (broad SMARTS) is 1. The highest BCUT2D eigenvalue weighted by Gasteiger charge is 2.48. The third-order valence-corrected chi connectivity index (χ3v) is 3.83. The number of hydrogen-bond donors (Lipinski definition) is 1. The molecular formula is C13H21NO4. The van der Waals surface area contributed by atoms with Crippen molar-refractivity contribution in [3.63, 3.8) is 0 Å². The maximum Gasteiger partial charge on any atom is 0.410 e. The molecule has 1 amide bonds. The predicted molar refractivity (Wildman–Crippen MR) is 65.2 cm³/mol. The van der Waals surface area contributed by atoms with E-state index in [4.69, 9.17) is 9.84 Å². The molecule has 1 aliphatic heterocycles. The van der Waals surface area contributed by atoms with Crippen molar-refractivity contribution >= 4 is 12.1 Å². The molecule has 2 aliphatic rings. The lowest BCUT2D eigenvalue weighted by Crippen LogP contribution is -2.40. The molecule has 0 spiro atoms. The average Bonchev–Trinajstić information content (AvgIpc) is 2.71. The first-order valence-electron chi connectivity index (χ1n) is 6.52. The van der Waals surface area contributed by atoms with Crippen molar-refractivity contribution < 1.29 is 19.4 Å². The summed E-state index contributed by atoms with van der Waals surface area (Å²) in [4.78, 5) is 24.9. The number of fused-ring (bicyclic) bond motifs is 1. The molecule has 18 heavy (non-hydrogen) atoms. The standard InChI is InChI=1S/C13H21NO4/c1-13(2,3)18-12(17)14-7-6-8-9(11(15)16)4-5-10(8)14/h8-10H,4-7H2,1-3H3,(H,15,16). The molecule has 0 aromatic rings. The van der Waals surface area contributed by atoms with Crippen LogP contribution in [0.3, 0.4) is 0 Å². The quantitative estimate of drug-likeness (QED) is 0.779. The SMILES string of the molecule is CC(C)(C)OC(=O)N1CCC2C(C(=O)O)CCC21. The molecule has 1 saturated heterocycles. The van der Waals surface area contributed by atoms with Crippen LogP contribution in [-0.2, 0) is 9.53 Å². The van der Waals surface area contributed by atoms with E-state index in [0.29, 0.717) is 13.0 Å². The van der Waals surface area contributed by atoms with Crippen LogP contribution in [-0.4, -0.2) is 40.3 Å². The zero-order chi connectivity index (χ0) is 13.5. The first-order valence-corrected chi connectivity index (χ1v) is 6.52. The third-order valence-electron chi connectivity index (χ3n) is 3.83. The third kappa shape index (κ3) is 2.44. The highest BCUT2D eigenvalue weighted by molar-refractivity contribution is 5.73. The van der Waals surface area contributed by atoms with Gasteiger partial charge in [0.2, 0.25) is 0 Å². The molecule has 1 saturated carbocycles. The molecular weight excluding hydrogens is 234 g/mol. The topological polar surface area (TPSA) is 66.8 Å². The lowest BCUT2D eigenvalue weighted by atomic mass is 9.93. The van der Waals surface area contributed by atoms with E-state index in [0.717, 1.165) is 12.8 Å². The number of amides is 1. The summed E-state index contributed by atoms with van der Waals surface area (Å²) in [6.07, 6.45) is 1.92. The first kappa shape index (κ1) is 13.2. The lowest BCUT2D eigenvalue weighted by Gasteiger charge is -2.28. The van der Waals surface area contributed by atoms with Gasteiger partial charge in [-0.2, -0.15) is 0 Å². The van der Waals surface area contributed by atoms with E-state index in [2.05, 4.69) is 0 Å². The van der Waals surface area contributed by atoms with E-state index >= 15 is 0 Å². The number of ether oxygens (including phenoxy) is 1. The van der Waals surface area contributed by atoms with Gasteiger partial charge in [-0.1, -0.05) is 0 Å². The van der Waals surface area contributed by atoms with Crippen molar-refractivity contribution in [2.75, 3.05) is 6.54 Å². The molecule has 1 N–H and O–H groups in total. The van der Waals surface area contributed by atoms with Crippen LogP contribution in [0.5, 0.6) is 0 Å². The predicted octanol–water partition coefficient (Wildman–Crippen LogP) is 2.11. The fourth-order valence-electron chi connectivity index (χ4n) is 3.13. The minimum atomic E-state index is -0.728. The van der Waals surface area contributed by atoms with E-state index in [1.165, 1.54) is 0 Å². The average molecular weight is 255 g/mol. The Kier molecular flexibility index (Phi) is 3.25. The Morgan fingerprint density at radius 2 is 1.89 bits per heavy atom. The highest BCUT2D eigenvalue weighted by atomic mass is 16.6. The maximum absolute atomic E-state index is 12.0. The fourth-order valence-corrected chi connectivity index (χ4v) is 3.13. The van der Waals surface area contributed by atoms with E-state index in [-0.39, 0.29) is 24.0 Å². The molecule has 2 fully saturated rings. The zero-order valence-corrected chi connectivity index (χ0v) is 11.2. The summed E-state index contributed by atoms with van der Waals surface area (Å²) in [5.41, 5.74) is -0.500. The second-order valence-corrected chi connectivity index (χ2v) is 6.22. The van der Waals surface area contributed by atoms with Gasteiger partial charge in [-0.3, -0.25) is 4.79 Å². The summed E-state index contributed by atoms with van der Waals surface area (Å²) in [5.74, 6) is -0.911. The van der Waals surface area contributed by atoms with Gasteiger partial charge in [0, 0.05) is 12.6 Å². The Balaban J connectivity index is 2.02. The summed E-state index contributed by atoms with van der Waals surface area (Å²) in [6, 6.07) is 0.0564. The minimum Gasteiger partial charge on any atom is -0.481 e. The Hall–Kier alpha value is -1.26. The van der Waals surface area contributed by atoms with Crippen LogP contribution in [0.2, 0.25) is 0 Å². The Morgan fingerprint density at radius 3 is 2.44 bits per heavy atom. The normalized spacial score (nSPS) is 31.3. The van der Waals surface area contributed by atoms with Gasteiger partial charge in [-0.15, -0.1) is 0 Å². The Labute approximate surface area is 107 Å². The molecule has 0 aromatic heterocycles. The molecule has 3 unspecified atom stereocenters. The molecule has 0 aromatic carbocycles. The lowest BCUT2D eigenvalue weighted by molar-refractivity contribution is -0.142. The second kappa shape index (κ2) is 4.44. The smallest absolute Gasteiger partial charge is 0.410 e. The first-order chi connectivity index (χ1) is 8.29. The van der Waals surface area contributed by atoms with Gasteiger partial charge in [0.15, 0.2) is 0 Å². The van der Waals surface area contributed by atoms with E-state index < -0.39 is 11.6 Å². The van der Waals surface area contributed by atoms with Crippen molar-refractivity contribution in [3.8, 4) is 0 Å². The van der Waals surface area contributed by atoms with E-state index in [1.54, 1.807) is 4.90 Å². The number of carbonyl (C=O) groups is 2. The number of nitrogens with zero attached hydrogens (tertiary/aromatic N) is 1. The molecule has 102 valence electrons. The van der Waals surface area contributed by atoms with Gasteiger partial charge in [0.25, 0.3) is 0 Å². The molecule has 5 heteroatoms. The van der Waals surface area contributed by atoms with Gasteiger partial charge in [0.05, 0.1) is 5.92 Å². The summed E-state index contributed by atoms with van der Waals surface area (Å²) < 4.78 is 5.37. The molecule has 5 nitrogen and oxygen atoms in total. The maximum atomic E-state index is 12.0. The fraction of sp³-hybridized carbons (Fsp3) is 0.846. The molecule has 2 rings (SSSR count). The highest BCUT2D eigenvalue weighted by Crippen LogP contribution is 2.42. The van der Waals surface area contributed by atoms with Gasteiger partial charge < -0.3 is 14.7 Å². The summed E-state index contributed by atoms with van der Waals surface area (Å²) in [6.45, 7) is 6.14. The van der Waals surface area contributed by atoms with Crippen molar-refractivity contribution in [2.24, 2.45) is 11.8 Å². The van der Waals surface area contributed by atoms with Gasteiger partial charge in [-0.25, -0.2) is 4.79 Å². The Morgan fingerprint density at radius 1 is 1.22 bits per heavy atom. The summed E-state index contributed by atoms with van der Waals surface area (Å²) in [7, 11) is 0.